The van der Waals surface area contributed by atoms with Gasteiger partial charge >= 0.3 is 0 Å². The van der Waals surface area contributed by atoms with Crippen molar-refractivity contribution in [3.63, 3.8) is 0 Å². The molecule has 20 heavy (non-hydrogen) atoms. The Morgan fingerprint density at radius 2 is 2.35 bits per heavy atom. The lowest BCUT2D eigenvalue weighted by Gasteiger charge is -2.20. The summed E-state index contributed by atoms with van der Waals surface area (Å²) in [5.74, 6) is 0.440. The monoisotopic (exact) mass is 297 g/mol. The predicted molar refractivity (Wildman–Crippen MR) is 70.1 cm³/mol. The molecule has 0 amide bonds. The Labute approximate surface area is 120 Å². The molecule has 1 aliphatic rings. The zero-order valence-corrected chi connectivity index (χ0v) is 11.4. The molecule has 5 nitrogen and oxygen atoms in total. The first kappa shape index (κ1) is 13.5. The molecule has 1 unspecified atom stereocenters. The summed E-state index contributed by atoms with van der Waals surface area (Å²) in [6, 6.07) is 4.75. The molecule has 0 spiro atoms. The maximum atomic E-state index is 13.8. The van der Waals surface area contributed by atoms with Crippen molar-refractivity contribution in [3.05, 3.63) is 46.3 Å². The van der Waals surface area contributed by atoms with Gasteiger partial charge in [0.1, 0.15) is 11.9 Å². The average Bonchev–Trinajstić information content (AvgIpc) is 2.93. The zero-order valence-electron chi connectivity index (χ0n) is 10.6. The van der Waals surface area contributed by atoms with Gasteiger partial charge in [0, 0.05) is 13.0 Å². The molecule has 2 aromatic rings. The number of ether oxygens (including phenoxy) is 1. The molecule has 1 saturated heterocycles. The van der Waals surface area contributed by atoms with Crippen LogP contribution in [0.3, 0.4) is 0 Å². The van der Waals surface area contributed by atoms with E-state index in [9.17, 15) is 4.39 Å². The molecule has 7 heteroatoms. The number of hydrogen-bond acceptors (Lipinski definition) is 5. The van der Waals surface area contributed by atoms with Crippen molar-refractivity contribution in [2.45, 2.75) is 12.5 Å². The molecule has 0 radical (unpaired) electrons. The summed E-state index contributed by atoms with van der Waals surface area (Å²) in [5, 5.41) is 7.17. The molecule has 0 bridgehead atoms. The maximum absolute atomic E-state index is 13.8. The second-order valence-electron chi connectivity index (χ2n) is 4.52. The summed E-state index contributed by atoms with van der Waals surface area (Å²) in [5.41, 5.74) is 0.442. The lowest BCUT2D eigenvalue weighted by atomic mass is 10.1. The van der Waals surface area contributed by atoms with Crippen LogP contribution in [0.5, 0.6) is 0 Å². The van der Waals surface area contributed by atoms with Gasteiger partial charge in [0.2, 0.25) is 5.89 Å². The van der Waals surface area contributed by atoms with E-state index in [-0.39, 0.29) is 17.5 Å². The first-order chi connectivity index (χ1) is 9.74. The largest absolute Gasteiger partial charge is 0.378 e. The summed E-state index contributed by atoms with van der Waals surface area (Å²) >= 11 is 5.74. The highest BCUT2D eigenvalue weighted by molar-refractivity contribution is 6.30. The van der Waals surface area contributed by atoms with E-state index in [4.69, 9.17) is 20.9 Å². The minimum absolute atomic E-state index is 0.0913. The van der Waals surface area contributed by atoms with Crippen LogP contribution in [0.4, 0.5) is 4.39 Å². The van der Waals surface area contributed by atoms with Crippen molar-refractivity contribution in [1.29, 1.82) is 0 Å². The molecule has 1 fully saturated rings. The number of hydrogen-bond donors (Lipinski definition) is 1. The van der Waals surface area contributed by atoms with Crippen LogP contribution in [0.1, 0.15) is 23.3 Å². The van der Waals surface area contributed by atoms with E-state index >= 15 is 0 Å². The van der Waals surface area contributed by atoms with Gasteiger partial charge in [0.15, 0.2) is 5.82 Å². The maximum Gasteiger partial charge on any atom is 0.246 e. The Kier molecular flexibility index (Phi) is 3.95. The SMILES string of the molecule is Fc1c(Cl)cccc1Cc1noc(C2COCCN2)n1. The summed E-state index contributed by atoms with van der Waals surface area (Å²) < 4.78 is 24.3. The second kappa shape index (κ2) is 5.87. The number of morpholine rings is 1. The first-order valence-corrected chi connectivity index (χ1v) is 6.68. The fraction of sp³-hybridized carbons (Fsp3) is 0.385. The first-order valence-electron chi connectivity index (χ1n) is 6.30. The number of aromatic nitrogens is 2. The van der Waals surface area contributed by atoms with Gasteiger partial charge in [-0.15, -0.1) is 0 Å². The van der Waals surface area contributed by atoms with Gasteiger partial charge in [-0.25, -0.2) is 4.39 Å². The molecule has 1 N–H and O–H groups in total. The lowest BCUT2D eigenvalue weighted by molar-refractivity contribution is 0.0659. The predicted octanol–water partition coefficient (Wildman–Crippen LogP) is 2.11. The van der Waals surface area contributed by atoms with Crippen LogP contribution in [0.15, 0.2) is 22.7 Å². The average molecular weight is 298 g/mol. The molecule has 0 saturated carbocycles. The number of nitrogens with zero attached hydrogens (tertiary/aromatic N) is 2. The third-order valence-corrected chi connectivity index (χ3v) is 3.38. The van der Waals surface area contributed by atoms with Crippen molar-refractivity contribution < 1.29 is 13.7 Å². The van der Waals surface area contributed by atoms with E-state index in [1.807, 2.05) is 0 Å². The minimum Gasteiger partial charge on any atom is -0.378 e. The summed E-state index contributed by atoms with van der Waals surface area (Å²) in [6.07, 6.45) is 0.240. The van der Waals surface area contributed by atoms with Crippen molar-refractivity contribution in [2.24, 2.45) is 0 Å². The highest BCUT2D eigenvalue weighted by Crippen LogP contribution is 2.20. The van der Waals surface area contributed by atoms with Gasteiger partial charge < -0.3 is 14.6 Å². The molecule has 1 aromatic heterocycles. The van der Waals surface area contributed by atoms with Crippen LogP contribution < -0.4 is 5.32 Å². The lowest BCUT2D eigenvalue weighted by Crippen LogP contribution is -2.34. The van der Waals surface area contributed by atoms with Crippen molar-refractivity contribution in [3.8, 4) is 0 Å². The fourth-order valence-corrected chi connectivity index (χ4v) is 2.25. The highest BCUT2D eigenvalue weighted by atomic mass is 35.5. The van der Waals surface area contributed by atoms with Gasteiger partial charge in [-0.1, -0.05) is 28.9 Å². The molecule has 1 atom stereocenters. The molecule has 2 heterocycles. The van der Waals surface area contributed by atoms with Gasteiger partial charge in [0.25, 0.3) is 0 Å². The standard InChI is InChI=1S/C13H13ClFN3O2/c14-9-3-1-2-8(12(9)15)6-11-17-13(20-18-11)10-7-19-5-4-16-10/h1-3,10,16H,4-7H2. The van der Waals surface area contributed by atoms with Crippen molar-refractivity contribution >= 4 is 11.6 Å². The Hall–Kier alpha value is -1.50. The van der Waals surface area contributed by atoms with Gasteiger partial charge in [-0.3, -0.25) is 0 Å². The van der Waals surface area contributed by atoms with E-state index in [2.05, 4.69) is 15.5 Å². The van der Waals surface area contributed by atoms with Gasteiger partial charge in [-0.2, -0.15) is 4.98 Å². The summed E-state index contributed by atoms with van der Waals surface area (Å²) in [6.45, 7) is 1.91. The Balaban J connectivity index is 1.75. The van der Waals surface area contributed by atoms with E-state index in [1.165, 1.54) is 6.07 Å². The van der Waals surface area contributed by atoms with Crippen LogP contribution in [-0.2, 0) is 11.2 Å². The van der Waals surface area contributed by atoms with Gasteiger partial charge in [0.05, 0.1) is 18.2 Å². The van der Waals surface area contributed by atoms with E-state index in [0.29, 0.717) is 30.5 Å². The minimum atomic E-state index is -0.445. The fourth-order valence-electron chi connectivity index (χ4n) is 2.06. The topological polar surface area (TPSA) is 60.2 Å². The third kappa shape index (κ3) is 2.82. The van der Waals surface area contributed by atoms with Crippen molar-refractivity contribution in [1.82, 2.24) is 15.5 Å². The second-order valence-corrected chi connectivity index (χ2v) is 4.93. The number of rotatable bonds is 3. The molecule has 1 aliphatic heterocycles. The van der Waals surface area contributed by atoms with Crippen LogP contribution in [0.25, 0.3) is 0 Å². The van der Waals surface area contributed by atoms with Crippen LogP contribution >= 0.6 is 11.6 Å². The van der Waals surface area contributed by atoms with E-state index in [0.717, 1.165) is 6.54 Å². The third-order valence-electron chi connectivity index (χ3n) is 3.08. The molecule has 0 aliphatic carbocycles. The Morgan fingerprint density at radius 1 is 1.45 bits per heavy atom. The van der Waals surface area contributed by atoms with E-state index in [1.54, 1.807) is 12.1 Å². The zero-order chi connectivity index (χ0) is 13.9. The van der Waals surface area contributed by atoms with E-state index < -0.39 is 5.82 Å². The van der Waals surface area contributed by atoms with Gasteiger partial charge in [-0.05, 0) is 11.6 Å². The molecule has 106 valence electrons. The highest BCUT2D eigenvalue weighted by Gasteiger charge is 2.22. The number of benzene rings is 1. The molecular weight excluding hydrogens is 285 g/mol. The molecular formula is C13H13ClFN3O2. The quantitative estimate of drug-likeness (QED) is 0.940. The number of halogens is 2. The Morgan fingerprint density at radius 3 is 3.15 bits per heavy atom. The van der Waals surface area contributed by atoms with Crippen LogP contribution in [0.2, 0.25) is 5.02 Å². The molecule has 3 rings (SSSR count). The Bertz CT molecular complexity index is 599. The van der Waals surface area contributed by atoms with Crippen LogP contribution in [-0.4, -0.2) is 29.9 Å². The van der Waals surface area contributed by atoms with Crippen LogP contribution in [0, 0.1) is 5.82 Å². The summed E-state index contributed by atoms with van der Waals surface area (Å²) in [4.78, 5) is 4.27. The number of nitrogens with one attached hydrogen (secondary N) is 1. The molecule has 1 aromatic carbocycles. The summed E-state index contributed by atoms with van der Waals surface area (Å²) in [7, 11) is 0. The van der Waals surface area contributed by atoms with Crippen molar-refractivity contribution in [2.75, 3.05) is 19.8 Å². The normalized spacial score (nSPS) is 19.2. The smallest absolute Gasteiger partial charge is 0.246 e.